The van der Waals surface area contributed by atoms with Crippen LogP contribution in [0.1, 0.15) is 38.9 Å². The molecule has 0 aliphatic rings. The molecule has 140 valence electrons. The molecule has 0 atom stereocenters. The molecule has 4 heteroatoms. The maximum atomic E-state index is 13.1. The van der Waals surface area contributed by atoms with Crippen molar-refractivity contribution in [3.8, 4) is 0 Å². The summed E-state index contributed by atoms with van der Waals surface area (Å²) in [6.07, 6.45) is 1.65. The maximum Gasteiger partial charge on any atom is 0.192 e. The molecule has 2 aromatic carbocycles. The molecule has 3 aromatic rings. The molecule has 0 saturated heterocycles. The summed E-state index contributed by atoms with van der Waals surface area (Å²) in [6, 6.07) is 8.30. The third kappa shape index (κ3) is 3.94. The van der Waals surface area contributed by atoms with E-state index in [9.17, 15) is 4.79 Å². The molecule has 3 rings (SSSR count). The van der Waals surface area contributed by atoms with E-state index in [2.05, 4.69) is 61.9 Å². The largest absolute Gasteiger partial charge is 0.663 e. The molecule has 1 N–H and O–H groups in total. The van der Waals surface area contributed by atoms with Crippen molar-refractivity contribution in [2.45, 2.75) is 41.2 Å². The van der Waals surface area contributed by atoms with Crippen LogP contribution < -0.4 is 15.7 Å². The van der Waals surface area contributed by atoms with Crippen LogP contribution in [0.2, 0.25) is 0 Å². The Morgan fingerprint density at radius 1 is 0.963 bits per heavy atom. The Hall–Kier alpha value is -2.12. The number of nitrogens with one attached hydrogen (secondary N) is 1. The summed E-state index contributed by atoms with van der Waals surface area (Å²) in [5, 5.41) is 3.98. The number of aryl methyl sites for hydroxylation is 3. The first-order valence-corrected chi connectivity index (χ1v) is 8.86. The van der Waals surface area contributed by atoms with Gasteiger partial charge in [0.25, 0.3) is 0 Å². The van der Waals surface area contributed by atoms with Crippen molar-refractivity contribution in [1.29, 1.82) is 0 Å². The monoisotopic (exact) mass is 529 g/mol. The van der Waals surface area contributed by atoms with Gasteiger partial charge < -0.3 is 10.3 Å². The number of fused-ring (bicyclic) bond motifs is 1. The Morgan fingerprint density at radius 2 is 1.56 bits per heavy atom. The molecule has 0 aliphatic heterocycles. The van der Waals surface area contributed by atoms with Crippen LogP contribution in [0.3, 0.4) is 0 Å². The van der Waals surface area contributed by atoms with Crippen LogP contribution in [-0.4, -0.2) is 0 Å². The van der Waals surface area contributed by atoms with Gasteiger partial charge in [0.05, 0.1) is 0 Å². The average molecular weight is 529 g/mol. The summed E-state index contributed by atoms with van der Waals surface area (Å²) < 4.78 is 0. The molecule has 0 saturated carbocycles. The van der Waals surface area contributed by atoms with Gasteiger partial charge in [-0.3, -0.25) is 4.79 Å². The molecular weight excluding hydrogens is 504 g/mol. The quantitative estimate of drug-likeness (QED) is 0.543. The fourth-order valence-corrected chi connectivity index (χ4v) is 3.28. The second-order valence-corrected chi connectivity index (χ2v) is 7.04. The van der Waals surface area contributed by atoms with Gasteiger partial charge in [-0.25, -0.2) is 0 Å². The minimum absolute atomic E-state index is 0. The van der Waals surface area contributed by atoms with E-state index in [1.807, 2.05) is 13.8 Å². The normalized spacial score (nSPS) is 10.6. The van der Waals surface area contributed by atoms with E-state index < -0.39 is 0 Å². The minimum atomic E-state index is 0. The van der Waals surface area contributed by atoms with Gasteiger partial charge in [0, 0.05) is 44.3 Å². The van der Waals surface area contributed by atoms with Crippen LogP contribution in [0.4, 0.5) is 0 Å². The van der Waals surface area contributed by atoms with Crippen LogP contribution in [0.15, 0.2) is 41.8 Å². The van der Waals surface area contributed by atoms with Crippen molar-refractivity contribution >= 4 is 16.6 Å². The van der Waals surface area contributed by atoms with Gasteiger partial charge in [-0.05, 0) is 56.9 Å². The first kappa shape index (κ1) is 21.2. The predicted octanol–water partition coefficient (Wildman–Crippen LogP) is 4.46. The van der Waals surface area contributed by atoms with E-state index in [4.69, 9.17) is 0 Å². The summed E-state index contributed by atoms with van der Waals surface area (Å²) in [5.41, 5.74) is 8.76. The summed E-state index contributed by atoms with van der Waals surface area (Å²) in [4.78, 5) is 17.7. The third-order valence-corrected chi connectivity index (χ3v) is 5.40. The Labute approximate surface area is 175 Å². The molecule has 0 spiro atoms. The smallest absolute Gasteiger partial charge is 0.192 e. The van der Waals surface area contributed by atoms with Crippen molar-refractivity contribution < 1.29 is 21.1 Å². The van der Waals surface area contributed by atoms with Gasteiger partial charge in [0.15, 0.2) is 5.43 Å². The number of rotatable bonds is 4. The SMILES string of the molecule is C=C(NCc1ccc(C)cc1)c1c[n-]c2c(C)c(C)c(C)c(C)c2c1=O.[W]. The van der Waals surface area contributed by atoms with Crippen molar-refractivity contribution in [3.05, 3.63) is 86.2 Å². The number of hydrogen-bond acceptors (Lipinski definition) is 2. The summed E-state index contributed by atoms with van der Waals surface area (Å²) >= 11 is 0. The number of hydrogen-bond donors (Lipinski definition) is 1. The minimum Gasteiger partial charge on any atom is -0.663 e. The van der Waals surface area contributed by atoms with Crippen molar-refractivity contribution in [3.63, 3.8) is 0 Å². The molecule has 0 radical (unpaired) electrons. The van der Waals surface area contributed by atoms with E-state index in [0.29, 0.717) is 23.2 Å². The van der Waals surface area contributed by atoms with E-state index in [1.165, 1.54) is 11.1 Å². The topological polar surface area (TPSA) is 43.2 Å². The van der Waals surface area contributed by atoms with E-state index >= 15 is 0 Å². The summed E-state index contributed by atoms with van der Waals surface area (Å²) in [6.45, 7) is 14.9. The molecule has 1 aromatic heterocycles. The van der Waals surface area contributed by atoms with Crippen LogP contribution >= 0.6 is 0 Å². The second kappa shape index (κ2) is 8.27. The Morgan fingerprint density at radius 3 is 2.19 bits per heavy atom. The number of nitrogens with zero attached hydrogens (tertiary/aromatic N) is 1. The molecule has 0 aliphatic carbocycles. The van der Waals surface area contributed by atoms with E-state index in [0.717, 1.165) is 27.8 Å². The van der Waals surface area contributed by atoms with Gasteiger partial charge >= 0.3 is 0 Å². The molecule has 1 heterocycles. The summed E-state index contributed by atoms with van der Waals surface area (Å²) in [5.74, 6) is 0. The fraction of sp³-hybridized carbons (Fsp3) is 0.261. The fourth-order valence-electron chi connectivity index (χ4n) is 3.28. The zero-order valence-electron chi connectivity index (χ0n) is 16.6. The molecule has 0 unspecified atom stereocenters. The van der Waals surface area contributed by atoms with Gasteiger partial charge in [-0.15, -0.1) is 5.52 Å². The Kier molecular flexibility index (Phi) is 6.49. The zero-order chi connectivity index (χ0) is 19.0. The van der Waals surface area contributed by atoms with Crippen LogP contribution in [0, 0.1) is 34.6 Å². The van der Waals surface area contributed by atoms with E-state index in [1.54, 1.807) is 6.20 Å². The molecule has 0 bridgehead atoms. The first-order valence-electron chi connectivity index (χ1n) is 8.86. The second-order valence-electron chi connectivity index (χ2n) is 7.04. The van der Waals surface area contributed by atoms with E-state index in [-0.39, 0.29) is 26.5 Å². The number of aromatic nitrogens is 1. The van der Waals surface area contributed by atoms with Crippen LogP contribution in [0.5, 0.6) is 0 Å². The average Bonchev–Trinajstić information content (AvgIpc) is 2.63. The maximum absolute atomic E-state index is 13.1. The first-order chi connectivity index (χ1) is 12.3. The zero-order valence-corrected chi connectivity index (χ0v) is 19.5. The van der Waals surface area contributed by atoms with Crippen LogP contribution in [-0.2, 0) is 27.6 Å². The Bertz CT molecular complexity index is 1060. The van der Waals surface area contributed by atoms with Gasteiger partial charge in [-0.2, -0.15) is 6.20 Å². The van der Waals surface area contributed by atoms with Crippen molar-refractivity contribution in [1.82, 2.24) is 10.3 Å². The summed E-state index contributed by atoms with van der Waals surface area (Å²) in [7, 11) is 0. The van der Waals surface area contributed by atoms with Crippen molar-refractivity contribution in [2.24, 2.45) is 0 Å². The number of benzene rings is 2. The van der Waals surface area contributed by atoms with Crippen LogP contribution in [0.25, 0.3) is 16.6 Å². The van der Waals surface area contributed by atoms with Gasteiger partial charge in [0.2, 0.25) is 0 Å². The number of pyridine rings is 1. The molecule has 0 fully saturated rings. The van der Waals surface area contributed by atoms with Gasteiger partial charge in [-0.1, -0.05) is 42.0 Å². The molecular formula is C23H25N2OW-. The molecule has 0 amide bonds. The molecule has 27 heavy (non-hydrogen) atoms. The third-order valence-electron chi connectivity index (χ3n) is 5.40. The van der Waals surface area contributed by atoms with Gasteiger partial charge in [0.1, 0.15) is 0 Å². The molecule has 3 nitrogen and oxygen atoms in total. The van der Waals surface area contributed by atoms with Crippen molar-refractivity contribution in [2.75, 3.05) is 0 Å². The standard InChI is InChI=1S/C23H26N2O.W/c1-13-7-9-19(10-8-13)11-24-18(6)20-12-25-22-17(5)15(3)14(2)16(4)21(22)23(20)26;/h7-10,12,24H,6,11H2,1-5H3,(H,25,26);/p-1. The Balaban J connectivity index is 0.00000261. The predicted molar refractivity (Wildman–Crippen MR) is 110 cm³/mol.